The Kier molecular flexibility index (Phi) is 5.12. The molecule has 1 amide bonds. The second kappa shape index (κ2) is 5.92. The first-order chi connectivity index (χ1) is 7.47. The molecule has 0 aromatic heterocycles. The van der Waals surface area contributed by atoms with E-state index < -0.39 is 0 Å². The maximum absolute atomic E-state index is 11.4. The molecule has 0 aliphatic carbocycles. The van der Waals surface area contributed by atoms with Crippen molar-refractivity contribution in [2.45, 2.75) is 46.1 Å². The third-order valence-electron chi connectivity index (χ3n) is 3.21. The van der Waals surface area contributed by atoms with Crippen molar-refractivity contribution in [1.29, 1.82) is 0 Å². The molecule has 0 saturated carbocycles. The molecule has 16 heavy (non-hydrogen) atoms. The summed E-state index contributed by atoms with van der Waals surface area (Å²) in [5, 5.41) is 0. The molecular formula is C12H23NO2S. The number of carbonyl (C=O) groups is 1. The van der Waals surface area contributed by atoms with E-state index in [1.165, 1.54) is 0 Å². The van der Waals surface area contributed by atoms with Crippen LogP contribution in [0.4, 0.5) is 0 Å². The summed E-state index contributed by atoms with van der Waals surface area (Å²) in [7, 11) is 0. The molecular weight excluding hydrogens is 222 g/mol. The van der Waals surface area contributed by atoms with Gasteiger partial charge in [0.2, 0.25) is 5.91 Å². The fraction of sp³-hybridized carbons (Fsp3) is 0.917. The minimum atomic E-state index is -0.0423. The maximum Gasteiger partial charge on any atom is 0.219 e. The molecule has 0 aromatic carbocycles. The largest absolute Gasteiger partial charge is 0.343 e. The van der Waals surface area contributed by atoms with Crippen LogP contribution in [0.5, 0.6) is 0 Å². The lowest BCUT2D eigenvalue weighted by Crippen LogP contribution is -2.35. The molecule has 4 heteroatoms. The van der Waals surface area contributed by atoms with E-state index in [1.807, 2.05) is 4.90 Å². The van der Waals surface area contributed by atoms with Gasteiger partial charge in [-0.2, -0.15) is 0 Å². The van der Waals surface area contributed by atoms with Crippen LogP contribution in [-0.4, -0.2) is 35.3 Å². The Bertz CT molecular complexity index is 243. The Morgan fingerprint density at radius 3 is 2.62 bits per heavy atom. The molecule has 0 aromatic rings. The highest BCUT2D eigenvalue weighted by molar-refractivity contribution is 7.94. The van der Waals surface area contributed by atoms with Crippen LogP contribution >= 0.6 is 12.0 Å². The van der Waals surface area contributed by atoms with Crippen LogP contribution in [-0.2, 0) is 8.98 Å². The Balaban J connectivity index is 2.40. The zero-order chi connectivity index (χ0) is 12.2. The highest BCUT2D eigenvalue weighted by atomic mass is 32.2. The number of nitrogens with zero attached hydrogens (tertiary/aromatic N) is 1. The second-order valence-corrected chi connectivity index (χ2v) is 5.70. The normalized spacial score (nSPS) is 23.4. The van der Waals surface area contributed by atoms with E-state index in [1.54, 1.807) is 19.0 Å². The minimum absolute atomic E-state index is 0.0423. The summed E-state index contributed by atoms with van der Waals surface area (Å²) in [5.74, 6) is 1.78. The molecule has 1 fully saturated rings. The summed E-state index contributed by atoms with van der Waals surface area (Å²) in [5.41, 5.74) is -0.0423. The lowest BCUT2D eigenvalue weighted by atomic mass is 9.90. The average molecular weight is 245 g/mol. The molecule has 0 bridgehead atoms. The SMILES string of the molecule is CCCN(CCC1CSOC1(C)C)C(C)=O. The number of amides is 1. The first kappa shape index (κ1) is 13.8. The predicted molar refractivity (Wildman–Crippen MR) is 68.3 cm³/mol. The lowest BCUT2D eigenvalue weighted by molar-refractivity contribution is -0.129. The van der Waals surface area contributed by atoms with E-state index in [4.69, 9.17) is 4.18 Å². The summed E-state index contributed by atoms with van der Waals surface area (Å²) in [6.07, 6.45) is 2.07. The predicted octanol–water partition coefficient (Wildman–Crippen LogP) is 2.71. The van der Waals surface area contributed by atoms with Crippen molar-refractivity contribution in [3.05, 3.63) is 0 Å². The van der Waals surface area contributed by atoms with E-state index >= 15 is 0 Å². The third-order valence-corrected chi connectivity index (χ3v) is 4.30. The van der Waals surface area contributed by atoms with E-state index in [-0.39, 0.29) is 11.5 Å². The van der Waals surface area contributed by atoms with Gasteiger partial charge in [-0.25, -0.2) is 0 Å². The van der Waals surface area contributed by atoms with Crippen molar-refractivity contribution >= 4 is 17.9 Å². The number of hydrogen-bond acceptors (Lipinski definition) is 3. The average Bonchev–Trinajstić information content (AvgIpc) is 2.52. The zero-order valence-corrected chi connectivity index (χ0v) is 11.6. The summed E-state index contributed by atoms with van der Waals surface area (Å²) in [6.45, 7) is 9.76. The fourth-order valence-electron chi connectivity index (χ4n) is 1.98. The summed E-state index contributed by atoms with van der Waals surface area (Å²) < 4.78 is 5.62. The van der Waals surface area contributed by atoms with Crippen LogP contribution in [0, 0.1) is 5.92 Å². The number of hydrogen-bond donors (Lipinski definition) is 0. The van der Waals surface area contributed by atoms with Gasteiger partial charge in [0.25, 0.3) is 0 Å². The lowest BCUT2D eigenvalue weighted by Gasteiger charge is -2.27. The van der Waals surface area contributed by atoms with Crippen molar-refractivity contribution in [3.8, 4) is 0 Å². The van der Waals surface area contributed by atoms with Crippen LogP contribution in [0.2, 0.25) is 0 Å². The molecule has 1 atom stereocenters. The van der Waals surface area contributed by atoms with E-state index in [0.717, 1.165) is 31.7 Å². The highest BCUT2D eigenvalue weighted by Gasteiger charge is 2.36. The standard InChI is InChI=1S/C12H23NO2S/c1-5-7-13(10(2)14)8-6-11-9-16-15-12(11,3)4/h11H,5-9H2,1-4H3. The topological polar surface area (TPSA) is 29.5 Å². The minimum Gasteiger partial charge on any atom is -0.343 e. The molecule has 1 aliphatic rings. The first-order valence-corrected chi connectivity index (χ1v) is 6.94. The molecule has 1 saturated heterocycles. The zero-order valence-electron chi connectivity index (χ0n) is 10.8. The quantitative estimate of drug-likeness (QED) is 0.698. The first-order valence-electron chi connectivity index (χ1n) is 6.03. The van der Waals surface area contributed by atoms with Gasteiger partial charge < -0.3 is 9.08 Å². The molecule has 1 rings (SSSR count). The maximum atomic E-state index is 11.4. The number of rotatable bonds is 5. The Labute approximate surface area is 103 Å². The van der Waals surface area contributed by atoms with Crippen molar-refractivity contribution in [1.82, 2.24) is 4.90 Å². The molecule has 94 valence electrons. The van der Waals surface area contributed by atoms with Gasteiger partial charge in [-0.15, -0.1) is 0 Å². The van der Waals surface area contributed by atoms with Crippen molar-refractivity contribution in [2.24, 2.45) is 5.92 Å². The van der Waals surface area contributed by atoms with E-state index in [0.29, 0.717) is 5.92 Å². The summed E-state index contributed by atoms with van der Waals surface area (Å²) >= 11 is 1.56. The van der Waals surface area contributed by atoms with Crippen LogP contribution < -0.4 is 0 Å². The van der Waals surface area contributed by atoms with Crippen LogP contribution in [0.15, 0.2) is 0 Å². The van der Waals surface area contributed by atoms with Crippen molar-refractivity contribution in [3.63, 3.8) is 0 Å². The van der Waals surface area contributed by atoms with Gasteiger partial charge in [0, 0.05) is 31.7 Å². The summed E-state index contributed by atoms with van der Waals surface area (Å²) in [6, 6.07) is 0. The van der Waals surface area contributed by atoms with Gasteiger partial charge in [-0.05, 0) is 38.7 Å². The van der Waals surface area contributed by atoms with E-state index in [2.05, 4.69) is 20.8 Å². The Morgan fingerprint density at radius 2 is 2.19 bits per heavy atom. The molecule has 0 radical (unpaired) electrons. The second-order valence-electron chi connectivity index (χ2n) is 4.96. The molecule has 1 heterocycles. The van der Waals surface area contributed by atoms with Crippen molar-refractivity contribution < 1.29 is 8.98 Å². The molecule has 3 nitrogen and oxygen atoms in total. The van der Waals surface area contributed by atoms with Gasteiger partial charge in [-0.1, -0.05) is 6.92 Å². The monoisotopic (exact) mass is 245 g/mol. The van der Waals surface area contributed by atoms with Gasteiger partial charge in [0.05, 0.1) is 5.60 Å². The summed E-state index contributed by atoms with van der Waals surface area (Å²) in [4.78, 5) is 13.3. The Morgan fingerprint density at radius 1 is 1.50 bits per heavy atom. The van der Waals surface area contributed by atoms with Gasteiger partial charge in [-0.3, -0.25) is 4.79 Å². The molecule has 1 aliphatic heterocycles. The molecule has 0 N–H and O–H groups in total. The molecule has 1 unspecified atom stereocenters. The highest BCUT2D eigenvalue weighted by Crippen LogP contribution is 2.38. The van der Waals surface area contributed by atoms with E-state index in [9.17, 15) is 4.79 Å². The van der Waals surface area contributed by atoms with Gasteiger partial charge in [0.1, 0.15) is 0 Å². The van der Waals surface area contributed by atoms with Gasteiger partial charge >= 0.3 is 0 Å². The van der Waals surface area contributed by atoms with Crippen molar-refractivity contribution in [2.75, 3.05) is 18.8 Å². The van der Waals surface area contributed by atoms with Crippen LogP contribution in [0.1, 0.15) is 40.5 Å². The van der Waals surface area contributed by atoms with Crippen LogP contribution in [0.25, 0.3) is 0 Å². The van der Waals surface area contributed by atoms with Gasteiger partial charge in [0.15, 0.2) is 0 Å². The number of carbonyl (C=O) groups excluding carboxylic acids is 1. The van der Waals surface area contributed by atoms with Crippen LogP contribution in [0.3, 0.4) is 0 Å². The molecule has 0 spiro atoms. The fourth-order valence-corrected chi connectivity index (χ4v) is 3.22. The smallest absolute Gasteiger partial charge is 0.219 e. The Hall–Kier alpha value is -0.220. The third kappa shape index (κ3) is 3.67.